The summed E-state index contributed by atoms with van der Waals surface area (Å²) in [4.78, 5) is 22.2. The average Bonchev–Trinajstić information content (AvgIpc) is 3.39. The topological polar surface area (TPSA) is 63.0 Å². The third-order valence-electron chi connectivity index (χ3n) is 7.30. The fraction of sp³-hybridized carbons (Fsp3) is 0.343. The summed E-state index contributed by atoms with van der Waals surface area (Å²) in [6.07, 6.45) is 17.6. The van der Waals surface area contributed by atoms with E-state index in [1.54, 1.807) is 25.6 Å². The molecule has 1 saturated heterocycles. The number of ether oxygens (including phenoxy) is 1. The summed E-state index contributed by atoms with van der Waals surface area (Å²) >= 11 is 0. The molecule has 1 unspecified atom stereocenters. The Labute approximate surface area is 254 Å². The van der Waals surface area contributed by atoms with Crippen molar-refractivity contribution in [2.75, 3.05) is 18.7 Å². The van der Waals surface area contributed by atoms with Gasteiger partial charge in [-0.25, -0.2) is 9.37 Å². The summed E-state index contributed by atoms with van der Waals surface area (Å²) in [6, 6.07) is 12.4. The summed E-state index contributed by atoms with van der Waals surface area (Å²) in [6.45, 7) is 8.66. The van der Waals surface area contributed by atoms with Crippen molar-refractivity contribution in [3.05, 3.63) is 102 Å². The van der Waals surface area contributed by atoms with Gasteiger partial charge in [0.05, 0.1) is 43.0 Å². The van der Waals surface area contributed by atoms with Gasteiger partial charge >= 0.3 is 0 Å². The van der Waals surface area contributed by atoms with Crippen molar-refractivity contribution in [2.24, 2.45) is 4.99 Å². The Hall–Kier alpha value is -4.46. The first-order valence-corrected chi connectivity index (χ1v) is 15.1. The highest BCUT2D eigenvalue weighted by molar-refractivity contribution is 6.09. The highest BCUT2D eigenvalue weighted by Crippen LogP contribution is 2.33. The van der Waals surface area contributed by atoms with Crippen molar-refractivity contribution >= 4 is 23.5 Å². The molecule has 5 rings (SSSR count). The molecule has 226 valence electrons. The maximum Gasteiger partial charge on any atom is 0.249 e. The largest absolute Gasteiger partial charge is 0.495 e. The zero-order valence-electron chi connectivity index (χ0n) is 25.8. The van der Waals surface area contributed by atoms with E-state index in [9.17, 15) is 9.18 Å². The van der Waals surface area contributed by atoms with E-state index in [0.29, 0.717) is 18.8 Å². The number of rotatable bonds is 8. The number of amides is 1. The summed E-state index contributed by atoms with van der Waals surface area (Å²) in [5.74, 6) is 0.928. The minimum atomic E-state index is -0.293. The fourth-order valence-electron chi connectivity index (χ4n) is 5.37. The van der Waals surface area contributed by atoms with E-state index in [0.717, 1.165) is 53.2 Å². The van der Waals surface area contributed by atoms with Gasteiger partial charge in [-0.2, -0.15) is 4.99 Å². The van der Waals surface area contributed by atoms with Gasteiger partial charge in [0.1, 0.15) is 11.6 Å². The molecule has 1 aromatic heterocycles. The standard InChI is InChI=1S/C33H36FN5O2.C2H6/c1-4-5-6-7-8-11-29-21-32(40)36-33-26(10-9-18-38(33)39(29)28-15-13-27(34)14-16-28)19-25-12-17-30(31(20-25)41-3)37-22-24(2)35-23-37;1-2/h4-5,7-8,12-17,19-20,22-23,29H,6,9-11,18,21H2,1-3H3;1-2H3/b5-4-,8-7-,26-19+;. The summed E-state index contributed by atoms with van der Waals surface area (Å²) in [7, 11) is 1.66. The predicted octanol–water partition coefficient (Wildman–Crippen LogP) is 7.87. The Kier molecular flexibility index (Phi) is 11.1. The van der Waals surface area contributed by atoms with Crippen LogP contribution in [0.15, 0.2) is 89.9 Å². The van der Waals surface area contributed by atoms with Crippen LogP contribution in [0.1, 0.15) is 64.1 Å². The molecule has 8 heteroatoms. The van der Waals surface area contributed by atoms with Gasteiger partial charge in [0.15, 0.2) is 5.84 Å². The van der Waals surface area contributed by atoms with E-state index in [-0.39, 0.29) is 24.2 Å². The number of carbonyl (C=O) groups excluding carboxylic acids is 1. The first kappa shape index (κ1) is 31.5. The second kappa shape index (κ2) is 15.1. The Bertz CT molecular complexity index is 1500. The van der Waals surface area contributed by atoms with E-state index >= 15 is 0 Å². The molecule has 2 aromatic carbocycles. The quantitative estimate of drug-likeness (QED) is 0.253. The van der Waals surface area contributed by atoms with Crippen LogP contribution < -0.4 is 9.75 Å². The van der Waals surface area contributed by atoms with E-state index in [2.05, 4.69) is 44.3 Å². The van der Waals surface area contributed by atoms with Gasteiger partial charge in [0.25, 0.3) is 0 Å². The minimum absolute atomic E-state index is 0.145. The Morgan fingerprint density at radius 3 is 2.58 bits per heavy atom. The summed E-state index contributed by atoms with van der Waals surface area (Å²) in [5.41, 5.74) is 4.59. The van der Waals surface area contributed by atoms with Crippen molar-refractivity contribution in [3.8, 4) is 11.4 Å². The molecule has 2 aliphatic heterocycles. The van der Waals surface area contributed by atoms with Crippen LogP contribution in [0.2, 0.25) is 0 Å². The monoisotopic (exact) mass is 583 g/mol. The van der Waals surface area contributed by atoms with E-state index < -0.39 is 0 Å². The number of imidazole rings is 1. The lowest BCUT2D eigenvalue weighted by molar-refractivity contribution is -0.118. The van der Waals surface area contributed by atoms with E-state index in [1.165, 1.54) is 12.1 Å². The number of fused-ring (bicyclic) bond motifs is 1. The van der Waals surface area contributed by atoms with E-state index in [4.69, 9.17) is 4.74 Å². The number of aryl methyl sites for hydroxylation is 1. The molecule has 1 atom stereocenters. The third-order valence-corrected chi connectivity index (χ3v) is 7.30. The lowest BCUT2D eigenvalue weighted by Crippen LogP contribution is -2.53. The molecular weight excluding hydrogens is 541 g/mol. The van der Waals surface area contributed by atoms with Crippen LogP contribution in [0.25, 0.3) is 11.8 Å². The van der Waals surface area contributed by atoms with Crippen molar-refractivity contribution in [1.82, 2.24) is 14.6 Å². The number of aliphatic imine (C=N–C) groups is 1. The van der Waals surface area contributed by atoms with Crippen molar-refractivity contribution in [2.45, 2.75) is 65.8 Å². The number of allylic oxidation sites excluding steroid dienone is 3. The fourth-order valence-corrected chi connectivity index (χ4v) is 5.37. The molecule has 0 N–H and O–H groups in total. The number of methoxy groups -OCH3 is 1. The summed E-state index contributed by atoms with van der Waals surface area (Å²) < 4.78 is 21.6. The Morgan fingerprint density at radius 1 is 1.09 bits per heavy atom. The number of hydrogen-bond acceptors (Lipinski definition) is 5. The molecule has 0 radical (unpaired) electrons. The number of amidine groups is 1. The van der Waals surface area contributed by atoms with Gasteiger partial charge in [-0.3, -0.25) is 14.8 Å². The second-order valence-corrected chi connectivity index (χ2v) is 10.3. The van der Waals surface area contributed by atoms with Gasteiger partial charge in [-0.05, 0) is 93.1 Å². The zero-order valence-corrected chi connectivity index (χ0v) is 25.8. The smallest absolute Gasteiger partial charge is 0.249 e. The number of halogens is 1. The van der Waals surface area contributed by atoms with Crippen LogP contribution in [-0.4, -0.2) is 46.0 Å². The molecule has 1 fully saturated rings. The van der Waals surface area contributed by atoms with Gasteiger partial charge in [0, 0.05) is 12.7 Å². The molecule has 1 amide bonds. The maximum atomic E-state index is 13.9. The number of carbonyl (C=O) groups is 1. The highest BCUT2D eigenvalue weighted by Gasteiger charge is 2.35. The van der Waals surface area contributed by atoms with Crippen molar-refractivity contribution in [3.63, 3.8) is 0 Å². The van der Waals surface area contributed by atoms with Crippen LogP contribution in [0, 0.1) is 12.7 Å². The first-order chi connectivity index (χ1) is 21.0. The SMILES string of the molecule is C/C=C\C/C=C\CC1CC(=O)N=C2/C(=C/c3ccc(-n4cnc(C)c4)c(OC)c3)CCCN2N1c1ccc(F)cc1.CC. The first-order valence-electron chi connectivity index (χ1n) is 15.1. The Balaban J connectivity index is 0.00000207. The number of piperidine rings is 1. The average molecular weight is 584 g/mol. The second-order valence-electron chi connectivity index (χ2n) is 10.3. The number of hydrazine groups is 1. The zero-order chi connectivity index (χ0) is 30.8. The lowest BCUT2D eigenvalue weighted by Gasteiger charge is -2.44. The van der Waals surface area contributed by atoms with Crippen molar-refractivity contribution < 1.29 is 13.9 Å². The number of hydrogen-bond donors (Lipinski definition) is 0. The molecule has 3 aromatic rings. The molecule has 3 heterocycles. The van der Waals surface area contributed by atoms with Crippen LogP contribution in [-0.2, 0) is 4.79 Å². The molecule has 0 spiro atoms. The lowest BCUT2D eigenvalue weighted by atomic mass is 10.0. The van der Waals surface area contributed by atoms with Gasteiger partial charge in [-0.15, -0.1) is 0 Å². The van der Waals surface area contributed by atoms with Crippen molar-refractivity contribution in [1.29, 1.82) is 0 Å². The third kappa shape index (κ3) is 7.69. The molecule has 0 bridgehead atoms. The summed E-state index contributed by atoms with van der Waals surface area (Å²) in [5, 5.41) is 4.25. The van der Waals surface area contributed by atoms with Crippen LogP contribution in [0.3, 0.4) is 0 Å². The van der Waals surface area contributed by atoms with Gasteiger partial charge in [0.2, 0.25) is 5.91 Å². The molecule has 7 nitrogen and oxygen atoms in total. The molecule has 43 heavy (non-hydrogen) atoms. The highest BCUT2D eigenvalue weighted by atomic mass is 19.1. The normalized spacial score (nSPS) is 18.0. The minimum Gasteiger partial charge on any atom is -0.495 e. The van der Waals surface area contributed by atoms with Crippen LogP contribution in [0.4, 0.5) is 10.1 Å². The maximum absolute atomic E-state index is 13.9. The van der Waals surface area contributed by atoms with Gasteiger partial charge in [-0.1, -0.05) is 44.2 Å². The van der Waals surface area contributed by atoms with Crippen LogP contribution in [0.5, 0.6) is 5.75 Å². The number of nitrogens with zero attached hydrogens (tertiary/aromatic N) is 5. The Morgan fingerprint density at radius 2 is 1.88 bits per heavy atom. The van der Waals surface area contributed by atoms with Crippen LogP contribution >= 0.6 is 0 Å². The molecule has 0 aliphatic carbocycles. The number of aromatic nitrogens is 2. The predicted molar refractivity (Wildman–Crippen MR) is 173 cm³/mol. The molecule has 0 saturated carbocycles. The van der Waals surface area contributed by atoms with Gasteiger partial charge < -0.3 is 9.30 Å². The van der Waals surface area contributed by atoms with E-state index in [1.807, 2.05) is 62.7 Å². The molecule has 2 aliphatic rings. The number of benzene rings is 2. The molecular formula is C35H42FN5O2. The number of anilines is 1.